The van der Waals surface area contributed by atoms with Crippen molar-refractivity contribution in [2.24, 2.45) is 0 Å². The molecule has 0 saturated carbocycles. The Morgan fingerprint density at radius 3 is 2.87 bits per heavy atom. The van der Waals surface area contributed by atoms with Crippen LogP contribution in [0.15, 0.2) is 42.5 Å². The molecule has 1 aliphatic rings. The Hall–Kier alpha value is -2.29. The summed E-state index contributed by atoms with van der Waals surface area (Å²) in [6, 6.07) is 14.4. The van der Waals surface area contributed by atoms with Crippen LogP contribution in [-0.4, -0.2) is 19.1 Å². The predicted octanol–water partition coefficient (Wildman–Crippen LogP) is 3.22. The fourth-order valence-corrected chi connectivity index (χ4v) is 3.07. The van der Waals surface area contributed by atoms with Crippen LogP contribution >= 0.6 is 0 Å². The van der Waals surface area contributed by atoms with Crippen molar-refractivity contribution in [3.8, 4) is 5.75 Å². The molecule has 0 unspecified atom stereocenters. The van der Waals surface area contributed by atoms with Gasteiger partial charge in [0.2, 0.25) is 5.91 Å². The van der Waals surface area contributed by atoms with Crippen molar-refractivity contribution >= 4 is 5.91 Å². The molecule has 1 N–H and O–H groups in total. The zero-order chi connectivity index (χ0) is 16.1. The minimum absolute atomic E-state index is 0.0353. The number of fused-ring (bicyclic) bond motifs is 1. The Balaban J connectivity index is 1.40. The normalized spacial score (nSPS) is 12.7. The molecule has 0 aliphatic heterocycles. The fourth-order valence-electron chi connectivity index (χ4n) is 3.07. The van der Waals surface area contributed by atoms with Crippen molar-refractivity contribution in [3.63, 3.8) is 0 Å². The standard InChI is InChI=1S/C20H23NO2/c1-15-4-2-5-16(12-15)13-20(22)21-10-11-23-19-9-8-17-6-3-7-18(17)14-19/h2,4-5,8-9,12,14H,3,6-7,10-11,13H2,1H3,(H,21,22). The van der Waals surface area contributed by atoms with Gasteiger partial charge in [0.15, 0.2) is 0 Å². The fraction of sp³-hybridized carbons (Fsp3) is 0.350. The molecule has 0 saturated heterocycles. The Bertz CT molecular complexity index is 694. The molecule has 0 radical (unpaired) electrons. The average Bonchev–Trinajstić information content (AvgIpc) is 2.99. The summed E-state index contributed by atoms with van der Waals surface area (Å²) in [5.74, 6) is 0.937. The maximum atomic E-state index is 11.9. The molecule has 0 bridgehead atoms. The minimum atomic E-state index is 0.0353. The lowest BCUT2D eigenvalue weighted by molar-refractivity contribution is -0.120. The summed E-state index contributed by atoms with van der Waals surface area (Å²) in [7, 11) is 0. The molecule has 3 nitrogen and oxygen atoms in total. The van der Waals surface area contributed by atoms with E-state index in [2.05, 4.69) is 17.4 Å². The van der Waals surface area contributed by atoms with Crippen LogP contribution in [0.25, 0.3) is 0 Å². The average molecular weight is 309 g/mol. The van der Waals surface area contributed by atoms with Crippen molar-refractivity contribution in [2.75, 3.05) is 13.2 Å². The number of carbonyl (C=O) groups is 1. The number of aryl methyl sites for hydroxylation is 3. The highest BCUT2D eigenvalue weighted by atomic mass is 16.5. The molecule has 3 rings (SSSR count). The van der Waals surface area contributed by atoms with Crippen LogP contribution in [0.4, 0.5) is 0 Å². The van der Waals surface area contributed by atoms with Crippen molar-refractivity contribution in [3.05, 3.63) is 64.7 Å². The first kappa shape index (κ1) is 15.6. The zero-order valence-corrected chi connectivity index (χ0v) is 13.6. The second-order valence-electron chi connectivity index (χ2n) is 6.15. The van der Waals surface area contributed by atoms with Gasteiger partial charge in [-0.1, -0.05) is 35.9 Å². The van der Waals surface area contributed by atoms with Gasteiger partial charge in [0.25, 0.3) is 0 Å². The van der Waals surface area contributed by atoms with E-state index >= 15 is 0 Å². The van der Waals surface area contributed by atoms with Gasteiger partial charge < -0.3 is 10.1 Å². The van der Waals surface area contributed by atoms with Crippen LogP contribution in [0.1, 0.15) is 28.7 Å². The third-order valence-corrected chi connectivity index (χ3v) is 4.21. The smallest absolute Gasteiger partial charge is 0.224 e. The molecule has 2 aromatic carbocycles. The maximum Gasteiger partial charge on any atom is 0.224 e. The van der Waals surface area contributed by atoms with Crippen LogP contribution in [0.5, 0.6) is 5.75 Å². The monoisotopic (exact) mass is 309 g/mol. The van der Waals surface area contributed by atoms with E-state index < -0.39 is 0 Å². The minimum Gasteiger partial charge on any atom is -0.492 e. The van der Waals surface area contributed by atoms with Crippen molar-refractivity contribution in [1.29, 1.82) is 0 Å². The van der Waals surface area contributed by atoms with E-state index in [9.17, 15) is 4.79 Å². The largest absolute Gasteiger partial charge is 0.492 e. The molecule has 0 aromatic heterocycles. The van der Waals surface area contributed by atoms with Crippen LogP contribution in [0, 0.1) is 6.92 Å². The Labute approximate surface area is 137 Å². The molecule has 1 aliphatic carbocycles. The van der Waals surface area contributed by atoms with Crippen LogP contribution in [0.3, 0.4) is 0 Å². The van der Waals surface area contributed by atoms with E-state index in [4.69, 9.17) is 4.74 Å². The number of hydrogen-bond acceptors (Lipinski definition) is 2. The van der Waals surface area contributed by atoms with Crippen LogP contribution in [0.2, 0.25) is 0 Å². The molecule has 0 heterocycles. The van der Waals surface area contributed by atoms with Crippen LogP contribution in [-0.2, 0) is 24.1 Å². The maximum absolute atomic E-state index is 11.9. The van der Waals surface area contributed by atoms with E-state index in [1.54, 1.807) is 0 Å². The molecule has 120 valence electrons. The second kappa shape index (κ2) is 7.32. The lowest BCUT2D eigenvalue weighted by Gasteiger charge is -2.09. The summed E-state index contributed by atoms with van der Waals surface area (Å²) >= 11 is 0. The van der Waals surface area contributed by atoms with Gasteiger partial charge in [0.05, 0.1) is 13.0 Å². The molecular formula is C20H23NO2. The van der Waals surface area contributed by atoms with E-state index in [1.807, 2.05) is 37.3 Å². The van der Waals surface area contributed by atoms with E-state index in [0.29, 0.717) is 19.6 Å². The highest BCUT2D eigenvalue weighted by Crippen LogP contribution is 2.25. The first-order valence-electron chi connectivity index (χ1n) is 8.27. The Kier molecular flexibility index (Phi) is 4.96. The molecule has 23 heavy (non-hydrogen) atoms. The number of ether oxygens (including phenoxy) is 1. The summed E-state index contributed by atoms with van der Waals surface area (Å²) in [4.78, 5) is 11.9. The summed E-state index contributed by atoms with van der Waals surface area (Å²) < 4.78 is 5.74. The van der Waals surface area contributed by atoms with Gasteiger partial charge in [-0.05, 0) is 55.0 Å². The van der Waals surface area contributed by atoms with E-state index in [0.717, 1.165) is 17.7 Å². The number of carbonyl (C=O) groups excluding carboxylic acids is 1. The molecule has 2 aromatic rings. The summed E-state index contributed by atoms with van der Waals surface area (Å²) in [5.41, 5.74) is 5.08. The topological polar surface area (TPSA) is 38.3 Å². The van der Waals surface area contributed by atoms with Crippen molar-refractivity contribution < 1.29 is 9.53 Å². The van der Waals surface area contributed by atoms with Crippen LogP contribution < -0.4 is 10.1 Å². The molecule has 0 spiro atoms. The first-order valence-corrected chi connectivity index (χ1v) is 8.27. The molecule has 3 heteroatoms. The van der Waals surface area contributed by atoms with Gasteiger partial charge in [0, 0.05) is 0 Å². The van der Waals surface area contributed by atoms with Gasteiger partial charge in [-0.2, -0.15) is 0 Å². The highest BCUT2D eigenvalue weighted by Gasteiger charge is 2.11. The van der Waals surface area contributed by atoms with Gasteiger partial charge in [-0.15, -0.1) is 0 Å². The summed E-state index contributed by atoms with van der Waals surface area (Å²) in [5, 5.41) is 2.91. The first-order chi connectivity index (χ1) is 11.2. The number of rotatable bonds is 6. The van der Waals surface area contributed by atoms with Gasteiger partial charge in [-0.25, -0.2) is 0 Å². The molecule has 0 fully saturated rings. The SMILES string of the molecule is Cc1cccc(CC(=O)NCCOc2ccc3c(c2)CCC3)c1. The van der Waals surface area contributed by atoms with Crippen molar-refractivity contribution in [2.45, 2.75) is 32.6 Å². The second-order valence-corrected chi connectivity index (χ2v) is 6.15. The van der Waals surface area contributed by atoms with Gasteiger partial charge >= 0.3 is 0 Å². The Morgan fingerprint density at radius 2 is 2.00 bits per heavy atom. The lowest BCUT2D eigenvalue weighted by Crippen LogP contribution is -2.29. The van der Waals surface area contributed by atoms with E-state index in [1.165, 1.54) is 29.5 Å². The van der Waals surface area contributed by atoms with Gasteiger partial charge in [-0.3, -0.25) is 4.79 Å². The number of hydrogen-bond donors (Lipinski definition) is 1. The lowest BCUT2D eigenvalue weighted by atomic mass is 10.1. The highest BCUT2D eigenvalue weighted by molar-refractivity contribution is 5.78. The Morgan fingerprint density at radius 1 is 1.13 bits per heavy atom. The van der Waals surface area contributed by atoms with Crippen molar-refractivity contribution in [1.82, 2.24) is 5.32 Å². The molecule has 1 amide bonds. The van der Waals surface area contributed by atoms with Gasteiger partial charge in [0.1, 0.15) is 12.4 Å². The third-order valence-electron chi connectivity index (χ3n) is 4.21. The molecular weight excluding hydrogens is 286 g/mol. The van der Waals surface area contributed by atoms with E-state index in [-0.39, 0.29) is 5.91 Å². The third kappa shape index (κ3) is 4.35. The predicted molar refractivity (Wildman–Crippen MR) is 91.9 cm³/mol. The zero-order valence-electron chi connectivity index (χ0n) is 13.6. The number of nitrogens with one attached hydrogen (secondary N) is 1. The quantitative estimate of drug-likeness (QED) is 0.832. The number of amides is 1. The summed E-state index contributed by atoms with van der Waals surface area (Å²) in [6.07, 6.45) is 4.00. The summed E-state index contributed by atoms with van der Waals surface area (Å²) in [6.45, 7) is 3.06. The number of benzene rings is 2. The molecule has 0 atom stereocenters.